The Hall–Kier alpha value is -5.86. The fraction of sp³-hybridized carbons (Fsp3) is 0.0667. The fourth-order valence-corrected chi connectivity index (χ4v) is 7.16. The van der Waals surface area contributed by atoms with Crippen LogP contribution in [0.4, 0.5) is 28.4 Å². The molecule has 0 radical (unpaired) electrons. The number of rotatable bonds is 5. The molecule has 0 unspecified atom stereocenters. The Morgan fingerprint density at radius 3 is 1.98 bits per heavy atom. The summed E-state index contributed by atoms with van der Waals surface area (Å²) in [6.45, 7) is 4.00. The zero-order valence-electron chi connectivity index (χ0n) is 26.8. The number of nitrogens with zero attached hydrogens (tertiary/aromatic N) is 2. The van der Waals surface area contributed by atoms with Crippen LogP contribution in [0.1, 0.15) is 25.8 Å². The first-order valence-corrected chi connectivity index (χ1v) is 16.6. The van der Waals surface area contributed by atoms with Gasteiger partial charge in [0, 0.05) is 40.1 Å². The molecule has 0 fully saturated rings. The van der Waals surface area contributed by atoms with Crippen LogP contribution in [0, 0.1) is 0 Å². The second kappa shape index (κ2) is 12.2. The van der Waals surface area contributed by atoms with E-state index in [1.165, 1.54) is 60.9 Å². The second-order valence-corrected chi connectivity index (χ2v) is 11.7. The van der Waals surface area contributed by atoms with Crippen molar-refractivity contribution in [1.82, 2.24) is 0 Å². The molecule has 0 N–H and O–H groups in total. The molecule has 0 amide bonds. The maximum atomic E-state index is 2.44. The van der Waals surface area contributed by atoms with Gasteiger partial charge in [0.05, 0.1) is 11.4 Å². The molecule has 7 aromatic rings. The SMILES string of the molecule is C1=C(c2ccccc2)C=C(N(c2ccccc2)c2ccc(N3c4ccc5ccccc5c4-c4cccc5cccc3c45)cc2)C1.CC. The third-order valence-corrected chi connectivity index (χ3v) is 9.17. The molecule has 1 heterocycles. The molecule has 1 aliphatic carbocycles. The van der Waals surface area contributed by atoms with Crippen molar-refractivity contribution in [1.29, 1.82) is 0 Å². The molecule has 0 saturated heterocycles. The van der Waals surface area contributed by atoms with Crippen LogP contribution in [0.5, 0.6) is 0 Å². The molecule has 0 aromatic heterocycles. The minimum Gasteiger partial charge on any atom is -0.314 e. The van der Waals surface area contributed by atoms with Crippen molar-refractivity contribution in [3.05, 3.63) is 181 Å². The van der Waals surface area contributed by atoms with Crippen LogP contribution in [-0.4, -0.2) is 0 Å². The van der Waals surface area contributed by atoms with E-state index in [0.29, 0.717) is 0 Å². The third-order valence-electron chi connectivity index (χ3n) is 9.17. The summed E-state index contributed by atoms with van der Waals surface area (Å²) in [5, 5.41) is 5.10. The van der Waals surface area contributed by atoms with Crippen LogP contribution < -0.4 is 9.80 Å². The van der Waals surface area contributed by atoms with Gasteiger partial charge in [-0.25, -0.2) is 0 Å². The highest BCUT2D eigenvalue weighted by Gasteiger charge is 2.27. The monoisotopic (exact) mass is 604 g/mol. The predicted octanol–water partition coefficient (Wildman–Crippen LogP) is 13.0. The van der Waals surface area contributed by atoms with E-state index < -0.39 is 0 Å². The zero-order valence-corrected chi connectivity index (χ0v) is 26.8. The average molecular weight is 605 g/mol. The third kappa shape index (κ3) is 4.90. The molecular formula is C45H36N2. The van der Waals surface area contributed by atoms with E-state index in [9.17, 15) is 0 Å². The van der Waals surface area contributed by atoms with Crippen molar-refractivity contribution in [3.63, 3.8) is 0 Å². The van der Waals surface area contributed by atoms with Crippen LogP contribution >= 0.6 is 0 Å². The Labute approximate surface area is 277 Å². The van der Waals surface area contributed by atoms with Crippen molar-refractivity contribution >= 4 is 55.6 Å². The van der Waals surface area contributed by atoms with E-state index in [-0.39, 0.29) is 0 Å². The van der Waals surface area contributed by atoms with E-state index in [1.54, 1.807) is 0 Å². The Balaban J connectivity index is 0.00000159. The van der Waals surface area contributed by atoms with Crippen molar-refractivity contribution in [3.8, 4) is 11.1 Å². The van der Waals surface area contributed by atoms with E-state index in [1.807, 2.05) is 13.8 Å². The van der Waals surface area contributed by atoms with Crippen molar-refractivity contribution < 1.29 is 0 Å². The molecule has 0 spiro atoms. The predicted molar refractivity (Wildman–Crippen MR) is 202 cm³/mol. The normalized spacial score (nSPS) is 13.0. The van der Waals surface area contributed by atoms with E-state index in [4.69, 9.17) is 0 Å². The number of hydrogen-bond acceptors (Lipinski definition) is 2. The molecule has 47 heavy (non-hydrogen) atoms. The van der Waals surface area contributed by atoms with Gasteiger partial charge in [-0.15, -0.1) is 0 Å². The molecule has 2 aliphatic rings. The number of para-hydroxylation sites is 1. The largest absolute Gasteiger partial charge is 0.314 e. The van der Waals surface area contributed by atoms with Crippen LogP contribution in [0.25, 0.3) is 38.2 Å². The molecule has 7 aromatic carbocycles. The molecule has 0 saturated carbocycles. The minimum atomic E-state index is 0.881. The van der Waals surface area contributed by atoms with Gasteiger partial charge in [0.2, 0.25) is 0 Å². The summed E-state index contributed by atoms with van der Waals surface area (Å²) in [4.78, 5) is 4.83. The van der Waals surface area contributed by atoms with Gasteiger partial charge in [-0.3, -0.25) is 0 Å². The van der Waals surface area contributed by atoms with E-state index in [2.05, 4.69) is 180 Å². The summed E-state index contributed by atoms with van der Waals surface area (Å²) in [5.74, 6) is 0. The Morgan fingerprint density at radius 2 is 1.19 bits per heavy atom. The average Bonchev–Trinajstić information content (AvgIpc) is 3.64. The molecule has 0 bridgehead atoms. The van der Waals surface area contributed by atoms with Crippen LogP contribution in [0.2, 0.25) is 0 Å². The van der Waals surface area contributed by atoms with Gasteiger partial charge in [-0.05, 0) is 87.5 Å². The first kappa shape index (κ1) is 28.6. The van der Waals surface area contributed by atoms with Crippen molar-refractivity contribution in [2.75, 3.05) is 9.80 Å². The highest BCUT2D eigenvalue weighted by molar-refractivity contribution is 6.19. The summed E-state index contributed by atoms with van der Waals surface area (Å²) >= 11 is 0. The Morgan fingerprint density at radius 1 is 0.532 bits per heavy atom. The summed E-state index contributed by atoms with van der Waals surface area (Å²) in [6, 6.07) is 57.1. The summed E-state index contributed by atoms with van der Waals surface area (Å²) in [7, 11) is 0. The highest BCUT2D eigenvalue weighted by Crippen LogP contribution is 2.53. The molecule has 1 aliphatic heterocycles. The number of anilines is 5. The van der Waals surface area contributed by atoms with Crippen LogP contribution in [0.15, 0.2) is 176 Å². The molecule has 2 nitrogen and oxygen atoms in total. The second-order valence-electron chi connectivity index (χ2n) is 11.7. The van der Waals surface area contributed by atoms with Gasteiger partial charge in [0.1, 0.15) is 0 Å². The van der Waals surface area contributed by atoms with Crippen LogP contribution in [-0.2, 0) is 0 Å². The lowest BCUT2D eigenvalue weighted by Gasteiger charge is -2.34. The van der Waals surface area contributed by atoms with Gasteiger partial charge in [-0.2, -0.15) is 0 Å². The van der Waals surface area contributed by atoms with E-state index in [0.717, 1.165) is 23.5 Å². The maximum Gasteiger partial charge on any atom is 0.0547 e. The minimum absolute atomic E-state index is 0.881. The molecular weight excluding hydrogens is 569 g/mol. The van der Waals surface area contributed by atoms with Crippen molar-refractivity contribution in [2.45, 2.75) is 20.3 Å². The number of allylic oxidation sites excluding steroid dienone is 3. The molecule has 9 rings (SSSR count). The summed E-state index contributed by atoms with van der Waals surface area (Å²) < 4.78 is 0. The number of hydrogen-bond donors (Lipinski definition) is 0. The molecule has 0 atom stereocenters. The fourth-order valence-electron chi connectivity index (χ4n) is 7.16. The first-order valence-electron chi connectivity index (χ1n) is 16.6. The quantitative estimate of drug-likeness (QED) is 0.193. The van der Waals surface area contributed by atoms with Gasteiger partial charge in [0.25, 0.3) is 0 Å². The van der Waals surface area contributed by atoms with E-state index >= 15 is 0 Å². The molecule has 226 valence electrons. The summed E-state index contributed by atoms with van der Waals surface area (Å²) in [6.07, 6.45) is 5.55. The lowest BCUT2D eigenvalue weighted by atomic mass is 9.87. The van der Waals surface area contributed by atoms with Gasteiger partial charge in [0.15, 0.2) is 0 Å². The van der Waals surface area contributed by atoms with Gasteiger partial charge < -0.3 is 9.80 Å². The maximum absolute atomic E-state index is 2.44. The first-order chi connectivity index (χ1) is 23.3. The zero-order chi connectivity index (χ0) is 31.7. The topological polar surface area (TPSA) is 6.48 Å². The van der Waals surface area contributed by atoms with Crippen molar-refractivity contribution in [2.24, 2.45) is 0 Å². The lowest BCUT2D eigenvalue weighted by Crippen LogP contribution is -2.17. The Kier molecular flexibility index (Phi) is 7.39. The molecule has 2 heteroatoms. The smallest absolute Gasteiger partial charge is 0.0547 e. The highest BCUT2D eigenvalue weighted by atomic mass is 15.2. The summed E-state index contributed by atoms with van der Waals surface area (Å²) in [5.41, 5.74) is 12.3. The van der Waals surface area contributed by atoms with Crippen LogP contribution in [0.3, 0.4) is 0 Å². The lowest BCUT2D eigenvalue weighted by molar-refractivity contribution is 1.10. The standard InChI is InChI=1S/C43H30N2.C2H6/c1-3-11-30(12-4-1)33-21-23-37(29-33)44(34-16-5-2-6-17-34)35-24-26-36(27-25-35)45-40-20-10-15-32-14-9-19-39(42(32)40)43-38-18-8-7-13-31(38)22-28-41(43)45;1-2/h1-22,24-29H,23H2;1-2H3. The number of fused-ring (bicyclic) bond motifs is 4. The van der Waals surface area contributed by atoms with Gasteiger partial charge >= 0.3 is 0 Å². The number of benzene rings is 7. The Bertz CT molecular complexity index is 2270. The van der Waals surface area contributed by atoms with Gasteiger partial charge in [-0.1, -0.05) is 129 Å².